The highest BCUT2D eigenvalue weighted by Crippen LogP contribution is 2.09. The molecule has 0 bridgehead atoms. The van der Waals surface area contributed by atoms with Gasteiger partial charge in [-0.15, -0.1) is 0 Å². The third-order valence-electron chi connectivity index (χ3n) is 3.87. The van der Waals surface area contributed by atoms with Gasteiger partial charge in [-0.3, -0.25) is 0 Å². The van der Waals surface area contributed by atoms with Gasteiger partial charge in [0, 0.05) is 13.1 Å². The second kappa shape index (κ2) is 9.53. The standard InChI is InChI=1S/C18H28N2O3/c1-15(2)8-9-19-12-17-13-20(10-11-22-17)18(21)23-14-16-6-4-3-5-7-16/h3-7,15,17,19H,8-14H2,1-2H3. The number of morpholine rings is 1. The highest BCUT2D eigenvalue weighted by Gasteiger charge is 2.24. The van der Waals surface area contributed by atoms with Crippen LogP contribution in [0, 0.1) is 5.92 Å². The Morgan fingerprint density at radius 3 is 2.91 bits per heavy atom. The number of carbonyl (C=O) groups is 1. The normalized spacial score (nSPS) is 18.2. The molecule has 128 valence electrons. The fourth-order valence-corrected chi connectivity index (χ4v) is 2.47. The molecule has 23 heavy (non-hydrogen) atoms. The first kappa shape index (κ1) is 17.8. The van der Waals surface area contributed by atoms with Crippen molar-refractivity contribution in [3.63, 3.8) is 0 Å². The Morgan fingerprint density at radius 2 is 2.17 bits per heavy atom. The lowest BCUT2D eigenvalue weighted by Crippen LogP contribution is -2.49. The number of ether oxygens (including phenoxy) is 2. The Hall–Kier alpha value is -1.59. The van der Waals surface area contributed by atoms with E-state index in [2.05, 4.69) is 19.2 Å². The molecule has 1 aromatic rings. The highest BCUT2D eigenvalue weighted by molar-refractivity contribution is 5.67. The minimum atomic E-state index is -0.260. The fourth-order valence-electron chi connectivity index (χ4n) is 2.47. The number of hydrogen-bond donors (Lipinski definition) is 1. The number of carbonyl (C=O) groups excluding carboxylic acids is 1. The second-order valence-corrected chi connectivity index (χ2v) is 6.37. The molecule has 0 aliphatic carbocycles. The van der Waals surface area contributed by atoms with Gasteiger partial charge < -0.3 is 19.7 Å². The molecule has 1 fully saturated rings. The summed E-state index contributed by atoms with van der Waals surface area (Å²) in [4.78, 5) is 13.9. The molecule has 1 aliphatic rings. The first-order valence-electron chi connectivity index (χ1n) is 8.43. The van der Waals surface area contributed by atoms with E-state index in [9.17, 15) is 4.79 Å². The summed E-state index contributed by atoms with van der Waals surface area (Å²) in [7, 11) is 0. The maximum Gasteiger partial charge on any atom is 0.410 e. The SMILES string of the molecule is CC(C)CCNCC1CN(C(=O)OCc2ccccc2)CCO1. The van der Waals surface area contributed by atoms with Gasteiger partial charge >= 0.3 is 6.09 Å². The van der Waals surface area contributed by atoms with E-state index in [4.69, 9.17) is 9.47 Å². The van der Waals surface area contributed by atoms with Crippen molar-refractivity contribution < 1.29 is 14.3 Å². The molecule has 0 spiro atoms. The summed E-state index contributed by atoms with van der Waals surface area (Å²) in [6, 6.07) is 9.74. The zero-order chi connectivity index (χ0) is 16.5. The third-order valence-corrected chi connectivity index (χ3v) is 3.87. The Bertz CT molecular complexity index is 465. The number of amides is 1. The summed E-state index contributed by atoms with van der Waals surface area (Å²) >= 11 is 0. The minimum Gasteiger partial charge on any atom is -0.445 e. The van der Waals surface area contributed by atoms with Gasteiger partial charge in [-0.2, -0.15) is 0 Å². The third kappa shape index (κ3) is 6.59. The molecule has 1 atom stereocenters. The molecule has 1 unspecified atom stereocenters. The molecule has 1 aliphatic heterocycles. The summed E-state index contributed by atoms with van der Waals surface area (Å²) < 4.78 is 11.1. The number of nitrogens with zero attached hydrogens (tertiary/aromatic N) is 1. The van der Waals surface area contributed by atoms with E-state index < -0.39 is 0 Å². The Kier molecular flexibility index (Phi) is 7.36. The van der Waals surface area contributed by atoms with Crippen LogP contribution in [-0.2, 0) is 16.1 Å². The zero-order valence-corrected chi connectivity index (χ0v) is 14.2. The lowest BCUT2D eigenvalue weighted by atomic mass is 10.1. The topological polar surface area (TPSA) is 50.8 Å². The zero-order valence-electron chi connectivity index (χ0n) is 14.2. The van der Waals surface area contributed by atoms with Crippen LogP contribution in [0.15, 0.2) is 30.3 Å². The molecule has 0 saturated carbocycles. The van der Waals surface area contributed by atoms with Crippen molar-refractivity contribution in [2.75, 3.05) is 32.8 Å². The predicted octanol–water partition coefficient (Wildman–Crippen LogP) is 2.66. The smallest absolute Gasteiger partial charge is 0.410 e. The van der Waals surface area contributed by atoms with Crippen molar-refractivity contribution in [3.8, 4) is 0 Å². The van der Waals surface area contributed by atoms with Gasteiger partial charge in [-0.1, -0.05) is 44.2 Å². The van der Waals surface area contributed by atoms with E-state index >= 15 is 0 Å². The molecule has 5 nitrogen and oxygen atoms in total. The minimum absolute atomic E-state index is 0.0418. The summed E-state index contributed by atoms with van der Waals surface area (Å²) in [6.07, 6.45) is 0.930. The van der Waals surface area contributed by atoms with Crippen molar-refractivity contribution >= 4 is 6.09 Å². The molecular formula is C18H28N2O3. The van der Waals surface area contributed by atoms with Crippen LogP contribution in [0.25, 0.3) is 0 Å². The summed E-state index contributed by atoms with van der Waals surface area (Å²) in [6.45, 7) is 8.24. The fraction of sp³-hybridized carbons (Fsp3) is 0.611. The number of benzene rings is 1. The average Bonchev–Trinajstić information content (AvgIpc) is 2.57. The first-order valence-corrected chi connectivity index (χ1v) is 8.43. The van der Waals surface area contributed by atoms with Crippen molar-refractivity contribution in [3.05, 3.63) is 35.9 Å². The quantitative estimate of drug-likeness (QED) is 0.785. The van der Waals surface area contributed by atoms with Gasteiger partial charge in [0.25, 0.3) is 0 Å². The Labute approximate surface area is 139 Å². The molecule has 1 heterocycles. The molecule has 1 N–H and O–H groups in total. The molecule has 1 saturated heterocycles. The monoisotopic (exact) mass is 320 g/mol. The first-order chi connectivity index (χ1) is 11.1. The molecule has 2 rings (SSSR count). The Morgan fingerprint density at radius 1 is 1.39 bits per heavy atom. The van der Waals surface area contributed by atoms with E-state index in [-0.39, 0.29) is 12.2 Å². The summed E-state index contributed by atoms with van der Waals surface area (Å²) in [5.74, 6) is 0.694. The highest BCUT2D eigenvalue weighted by atomic mass is 16.6. The van der Waals surface area contributed by atoms with Gasteiger partial charge in [-0.05, 0) is 24.4 Å². The van der Waals surface area contributed by atoms with Crippen LogP contribution in [0.1, 0.15) is 25.8 Å². The Balaban J connectivity index is 1.69. The van der Waals surface area contributed by atoms with Gasteiger partial charge in [0.2, 0.25) is 0 Å². The lowest BCUT2D eigenvalue weighted by molar-refractivity contribution is -0.0270. The van der Waals surface area contributed by atoms with Crippen LogP contribution in [0.5, 0.6) is 0 Å². The van der Waals surface area contributed by atoms with Crippen molar-refractivity contribution in [2.45, 2.75) is 33.0 Å². The van der Waals surface area contributed by atoms with E-state index in [0.29, 0.717) is 32.2 Å². The van der Waals surface area contributed by atoms with Gasteiger partial charge in [-0.25, -0.2) is 4.79 Å². The van der Waals surface area contributed by atoms with Crippen LogP contribution in [0.4, 0.5) is 4.79 Å². The maximum absolute atomic E-state index is 12.2. The van der Waals surface area contributed by atoms with Crippen LogP contribution in [0.2, 0.25) is 0 Å². The van der Waals surface area contributed by atoms with Crippen molar-refractivity contribution in [2.24, 2.45) is 5.92 Å². The van der Waals surface area contributed by atoms with E-state index in [1.807, 2.05) is 30.3 Å². The van der Waals surface area contributed by atoms with Crippen LogP contribution in [0.3, 0.4) is 0 Å². The molecule has 0 radical (unpaired) electrons. The average molecular weight is 320 g/mol. The molecule has 1 aromatic carbocycles. The predicted molar refractivity (Wildman–Crippen MR) is 90.3 cm³/mol. The van der Waals surface area contributed by atoms with E-state index in [1.165, 1.54) is 0 Å². The number of rotatable bonds is 7. The van der Waals surface area contributed by atoms with Crippen LogP contribution >= 0.6 is 0 Å². The number of nitrogens with one attached hydrogen (secondary N) is 1. The van der Waals surface area contributed by atoms with Crippen LogP contribution in [-0.4, -0.2) is 49.9 Å². The van der Waals surface area contributed by atoms with Crippen molar-refractivity contribution in [1.29, 1.82) is 0 Å². The number of hydrogen-bond acceptors (Lipinski definition) is 4. The van der Waals surface area contributed by atoms with Crippen LogP contribution < -0.4 is 5.32 Å². The molecule has 0 aromatic heterocycles. The maximum atomic E-state index is 12.2. The largest absolute Gasteiger partial charge is 0.445 e. The molecule has 1 amide bonds. The lowest BCUT2D eigenvalue weighted by Gasteiger charge is -2.32. The van der Waals surface area contributed by atoms with Crippen molar-refractivity contribution in [1.82, 2.24) is 10.2 Å². The van der Waals surface area contributed by atoms with Gasteiger partial charge in [0.1, 0.15) is 6.61 Å². The molecular weight excluding hydrogens is 292 g/mol. The van der Waals surface area contributed by atoms with Gasteiger partial charge in [0.15, 0.2) is 0 Å². The van der Waals surface area contributed by atoms with E-state index in [1.54, 1.807) is 4.90 Å². The summed E-state index contributed by atoms with van der Waals surface area (Å²) in [5, 5.41) is 3.40. The van der Waals surface area contributed by atoms with E-state index in [0.717, 1.165) is 25.1 Å². The molecule has 5 heteroatoms. The van der Waals surface area contributed by atoms with Gasteiger partial charge in [0.05, 0.1) is 19.3 Å². The summed E-state index contributed by atoms with van der Waals surface area (Å²) in [5.41, 5.74) is 1.00. The second-order valence-electron chi connectivity index (χ2n) is 6.37.